The molecule has 1 aromatic carbocycles. The predicted octanol–water partition coefficient (Wildman–Crippen LogP) is 3.89. The van der Waals surface area contributed by atoms with Gasteiger partial charge in [0, 0.05) is 42.8 Å². The van der Waals surface area contributed by atoms with Crippen LogP contribution in [-0.2, 0) is 0 Å². The summed E-state index contributed by atoms with van der Waals surface area (Å²) in [5, 5.41) is 3.79. The summed E-state index contributed by atoms with van der Waals surface area (Å²) in [6.45, 7) is 10.3. The number of hydrogen-bond acceptors (Lipinski definition) is 2. The van der Waals surface area contributed by atoms with Crippen molar-refractivity contribution in [2.45, 2.75) is 26.8 Å². The molecule has 1 aliphatic rings. The molecule has 20 heavy (non-hydrogen) atoms. The maximum atomic E-state index is 14.3. The highest BCUT2D eigenvalue weighted by Gasteiger charge is 2.34. The summed E-state index contributed by atoms with van der Waals surface area (Å²) in [5.41, 5.74) is 0.727. The molecule has 2 nitrogen and oxygen atoms in total. The Morgan fingerprint density at radius 2 is 1.85 bits per heavy atom. The van der Waals surface area contributed by atoms with E-state index in [0.717, 1.165) is 31.7 Å². The van der Waals surface area contributed by atoms with Crippen molar-refractivity contribution in [1.29, 1.82) is 0 Å². The lowest BCUT2D eigenvalue weighted by Crippen LogP contribution is -2.48. The third kappa shape index (κ3) is 4.08. The van der Waals surface area contributed by atoms with Gasteiger partial charge in [-0.05, 0) is 17.5 Å². The van der Waals surface area contributed by atoms with Crippen LogP contribution in [0.2, 0.25) is 5.02 Å². The molecule has 0 aliphatic carbocycles. The molecule has 5 heteroatoms. The molecule has 1 N–H and O–H groups in total. The van der Waals surface area contributed by atoms with E-state index in [1.807, 2.05) is 6.07 Å². The van der Waals surface area contributed by atoms with Crippen LogP contribution in [0, 0.1) is 11.2 Å². The number of nitrogens with one attached hydrogen (secondary N) is 1. The minimum Gasteiger partial charge on any atom is -0.314 e. The molecule has 0 amide bonds. The van der Waals surface area contributed by atoms with Gasteiger partial charge in [-0.25, -0.2) is 4.39 Å². The molecule has 2 rings (SSSR count). The summed E-state index contributed by atoms with van der Waals surface area (Å²) < 4.78 is 14.3. The van der Waals surface area contributed by atoms with E-state index in [0.29, 0.717) is 5.02 Å². The Morgan fingerprint density at radius 3 is 2.35 bits per heavy atom. The van der Waals surface area contributed by atoms with Crippen molar-refractivity contribution in [3.05, 3.63) is 34.6 Å². The van der Waals surface area contributed by atoms with Crippen LogP contribution in [-0.4, -0.2) is 31.1 Å². The molecule has 0 radical (unpaired) electrons. The molecule has 1 heterocycles. The summed E-state index contributed by atoms with van der Waals surface area (Å²) in [5.74, 6) is -0.203. The minimum absolute atomic E-state index is 0. The van der Waals surface area contributed by atoms with Crippen molar-refractivity contribution in [2.24, 2.45) is 5.41 Å². The number of rotatable bonds is 2. The highest BCUT2D eigenvalue weighted by molar-refractivity contribution is 6.30. The smallest absolute Gasteiger partial charge is 0.129 e. The zero-order chi connectivity index (χ0) is 14.0. The monoisotopic (exact) mass is 320 g/mol. The highest BCUT2D eigenvalue weighted by atomic mass is 35.5. The maximum absolute atomic E-state index is 14.3. The van der Waals surface area contributed by atoms with Gasteiger partial charge in [0.1, 0.15) is 5.82 Å². The molecule has 0 aromatic heterocycles. The van der Waals surface area contributed by atoms with Crippen molar-refractivity contribution in [3.63, 3.8) is 0 Å². The Bertz CT molecular complexity index is 440. The molecule has 0 saturated carbocycles. The summed E-state index contributed by atoms with van der Waals surface area (Å²) in [6.07, 6.45) is 0. The molecule has 1 fully saturated rings. The van der Waals surface area contributed by atoms with Gasteiger partial charge in [-0.15, -0.1) is 12.4 Å². The lowest BCUT2D eigenvalue weighted by atomic mass is 9.80. The number of hydrogen-bond donors (Lipinski definition) is 1. The van der Waals surface area contributed by atoms with Gasteiger partial charge in [-0.3, -0.25) is 4.90 Å². The Morgan fingerprint density at radius 1 is 1.25 bits per heavy atom. The number of halogens is 3. The van der Waals surface area contributed by atoms with Gasteiger partial charge in [0.2, 0.25) is 0 Å². The number of piperazine rings is 1. The molecule has 1 aliphatic heterocycles. The summed E-state index contributed by atoms with van der Waals surface area (Å²) >= 11 is 5.86. The zero-order valence-corrected chi connectivity index (χ0v) is 13.8. The third-order valence-corrected chi connectivity index (χ3v) is 3.83. The average Bonchev–Trinajstić information content (AvgIpc) is 2.32. The summed E-state index contributed by atoms with van der Waals surface area (Å²) in [7, 11) is 0. The number of nitrogens with zero attached hydrogens (tertiary/aromatic N) is 1. The van der Waals surface area contributed by atoms with Crippen molar-refractivity contribution >= 4 is 24.0 Å². The van der Waals surface area contributed by atoms with Crippen LogP contribution < -0.4 is 5.32 Å². The number of benzene rings is 1. The van der Waals surface area contributed by atoms with Gasteiger partial charge in [-0.2, -0.15) is 0 Å². The van der Waals surface area contributed by atoms with Gasteiger partial charge in [-0.1, -0.05) is 38.4 Å². The first-order valence-corrected chi connectivity index (χ1v) is 7.17. The largest absolute Gasteiger partial charge is 0.314 e. The first kappa shape index (κ1) is 17.7. The van der Waals surface area contributed by atoms with Crippen molar-refractivity contribution in [3.8, 4) is 0 Å². The molecule has 1 atom stereocenters. The van der Waals surface area contributed by atoms with Crippen LogP contribution in [0.5, 0.6) is 0 Å². The van der Waals surface area contributed by atoms with Crippen LogP contribution in [0.25, 0.3) is 0 Å². The second kappa shape index (κ2) is 7.08. The maximum Gasteiger partial charge on any atom is 0.129 e. The minimum atomic E-state index is -0.203. The van der Waals surface area contributed by atoms with E-state index in [9.17, 15) is 4.39 Å². The standard InChI is InChI=1S/C15H22ClFN2.ClH/c1-15(2,3)14(19-8-6-18-7-9-19)12-5-4-11(16)10-13(12)17;/h4-5,10,14,18H,6-9H2,1-3H3;1H/t14-;/m0./s1. The first-order valence-electron chi connectivity index (χ1n) is 6.79. The fourth-order valence-electron chi connectivity index (χ4n) is 2.87. The molecule has 0 spiro atoms. The molecule has 1 saturated heterocycles. The van der Waals surface area contributed by atoms with Gasteiger partial charge in [0.15, 0.2) is 0 Å². The SMILES string of the molecule is CC(C)(C)[C@H](c1ccc(Cl)cc1F)N1CCNCC1.Cl. The van der Waals surface area contributed by atoms with Gasteiger partial charge in [0.25, 0.3) is 0 Å². The Labute approximate surface area is 132 Å². The Hall–Kier alpha value is -0.350. The van der Waals surface area contributed by atoms with E-state index in [1.54, 1.807) is 6.07 Å². The summed E-state index contributed by atoms with van der Waals surface area (Å²) in [4.78, 5) is 2.36. The van der Waals surface area contributed by atoms with Crippen LogP contribution in [0.3, 0.4) is 0 Å². The lowest BCUT2D eigenvalue weighted by molar-refractivity contribution is 0.0834. The highest BCUT2D eigenvalue weighted by Crippen LogP contribution is 2.39. The normalized spacial score (nSPS) is 18.4. The average molecular weight is 321 g/mol. The molecular formula is C15H23Cl2FN2. The summed E-state index contributed by atoms with van der Waals surface area (Å²) in [6, 6.07) is 5.10. The van der Waals surface area contributed by atoms with Crippen LogP contribution in [0.1, 0.15) is 32.4 Å². The zero-order valence-electron chi connectivity index (χ0n) is 12.2. The van der Waals surface area contributed by atoms with E-state index in [-0.39, 0.29) is 29.7 Å². The molecular weight excluding hydrogens is 298 g/mol. The van der Waals surface area contributed by atoms with Crippen molar-refractivity contribution < 1.29 is 4.39 Å². The molecule has 0 unspecified atom stereocenters. The lowest BCUT2D eigenvalue weighted by Gasteiger charge is -2.42. The van der Waals surface area contributed by atoms with Crippen LogP contribution in [0.4, 0.5) is 4.39 Å². The van der Waals surface area contributed by atoms with E-state index in [4.69, 9.17) is 11.6 Å². The van der Waals surface area contributed by atoms with Crippen molar-refractivity contribution in [2.75, 3.05) is 26.2 Å². The van der Waals surface area contributed by atoms with E-state index < -0.39 is 0 Å². The van der Waals surface area contributed by atoms with Crippen molar-refractivity contribution in [1.82, 2.24) is 10.2 Å². The second-order valence-electron chi connectivity index (χ2n) is 6.22. The van der Waals surface area contributed by atoms with Crippen LogP contribution in [0.15, 0.2) is 18.2 Å². The van der Waals surface area contributed by atoms with Gasteiger partial charge in [0.05, 0.1) is 0 Å². The Kier molecular flexibility index (Phi) is 6.26. The second-order valence-corrected chi connectivity index (χ2v) is 6.66. The fraction of sp³-hybridized carbons (Fsp3) is 0.600. The molecule has 1 aromatic rings. The predicted molar refractivity (Wildman–Crippen MR) is 85.3 cm³/mol. The molecule has 114 valence electrons. The quantitative estimate of drug-likeness (QED) is 0.889. The Balaban J connectivity index is 0.00000200. The third-order valence-electron chi connectivity index (χ3n) is 3.59. The topological polar surface area (TPSA) is 15.3 Å². The first-order chi connectivity index (χ1) is 8.89. The van der Waals surface area contributed by atoms with E-state index >= 15 is 0 Å². The van der Waals surface area contributed by atoms with E-state index in [1.165, 1.54) is 6.07 Å². The van der Waals surface area contributed by atoms with Gasteiger partial charge < -0.3 is 5.32 Å². The van der Waals surface area contributed by atoms with Gasteiger partial charge >= 0.3 is 0 Å². The fourth-order valence-corrected chi connectivity index (χ4v) is 3.03. The molecule has 0 bridgehead atoms. The van der Waals surface area contributed by atoms with Crippen LogP contribution >= 0.6 is 24.0 Å². The van der Waals surface area contributed by atoms with E-state index in [2.05, 4.69) is 31.0 Å².